The lowest BCUT2D eigenvalue weighted by molar-refractivity contribution is -0.161. The van der Waals surface area contributed by atoms with E-state index < -0.39 is 32.5 Å². The number of phosphoric acid groups is 1. The van der Waals surface area contributed by atoms with Crippen LogP contribution in [0.1, 0.15) is 168 Å². The number of hydrogen-bond acceptors (Lipinski definition) is 8. The second-order valence-electron chi connectivity index (χ2n) is 14.5. The molecule has 2 unspecified atom stereocenters. The summed E-state index contributed by atoms with van der Waals surface area (Å²) in [4.78, 5) is 34.9. The molecule has 0 saturated heterocycles. The predicted octanol–water partition coefficient (Wildman–Crippen LogP) is 13.4. The number of nitrogens with two attached hydrogens (primary N) is 1. The fraction of sp³-hybridized carbons (Fsp3) is 0.633. The molecule has 0 rings (SSSR count). The molecule has 0 aromatic carbocycles. The maximum atomic E-state index is 12.6. The van der Waals surface area contributed by atoms with Crippen molar-refractivity contribution >= 4 is 19.8 Å². The van der Waals surface area contributed by atoms with Crippen molar-refractivity contribution in [3.63, 3.8) is 0 Å². The van der Waals surface area contributed by atoms with Crippen molar-refractivity contribution in [3.8, 4) is 0 Å². The van der Waals surface area contributed by atoms with Crippen molar-refractivity contribution in [2.75, 3.05) is 26.4 Å². The first-order valence-corrected chi connectivity index (χ1v) is 24.2. The van der Waals surface area contributed by atoms with Crippen molar-refractivity contribution in [2.24, 2.45) is 5.73 Å². The molecule has 0 heterocycles. The van der Waals surface area contributed by atoms with E-state index in [2.05, 4.69) is 98.9 Å². The van der Waals surface area contributed by atoms with Gasteiger partial charge < -0.3 is 20.1 Å². The van der Waals surface area contributed by atoms with Gasteiger partial charge in [0.2, 0.25) is 0 Å². The van der Waals surface area contributed by atoms with Gasteiger partial charge in [0.15, 0.2) is 6.10 Å². The topological polar surface area (TPSA) is 134 Å². The van der Waals surface area contributed by atoms with E-state index in [4.69, 9.17) is 24.3 Å². The zero-order valence-electron chi connectivity index (χ0n) is 36.9. The second-order valence-corrected chi connectivity index (χ2v) is 16.0. The van der Waals surface area contributed by atoms with Crippen LogP contribution in [0.15, 0.2) is 97.2 Å². The summed E-state index contributed by atoms with van der Waals surface area (Å²) in [5, 5.41) is 0. The molecule has 0 amide bonds. The number of esters is 2. The highest BCUT2D eigenvalue weighted by Gasteiger charge is 2.25. The Balaban J connectivity index is 4.27. The number of phosphoric ester groups is 1. The third-order valence-corrected chi connectivity index (χ3v) is 9.95. The summed E-state index contributed by atoms with van der Waals surface area (Å²) in [5.41, 5.74) is 5.35. The van der Waals surface area contributed by atoms with Crippen LogP contribution in [0.3, 0.4) is 0 Å². The highest BCUT2D eigenvalue weighted by molar-refractivity contribution is 7.47. The highest BCUT2D eigenvalue weighted by atomic mass is 31.2. The zero-order valence-corrected chi connectivity index (χ0v) is 37.8. The third-order valence-electron chi connectivity index (χ3n) is 8.97. The van der Waals surface area contributed by atoms with Gasteiger partial charge in [0.05, 0.1) is 13.2 Å². The fourth-order valence-electron chi connectivity index (χ4n) is 5.63. The normalized spacial score (nSPS) is 14.2. The maximum absolute atomic E-state index is 12.6. The Bertz CT molecular complexity index is 1280. The van der Waals surface area contributed by atoms with Gasteiger partial charge >= 0.3 is 19.8 Å². The average Bonchev–Trinajstić information content (AvgIpc) is 3.22. The molecule has 59 heavy (non-hydrogen) atoms. The monoisotopic (exact) mass is 844 g/mol. The molecular formula is C49H82NO8P. The van der Waals surface area contributed by atoms with Gasteiger partial charge in [-0.05, 0) is 83.5 Å². The van der Waals surface area contributed by atoms with Crippen LogP contribution in [0.4, 0.5) is 0 Å². The van der Waals surface area contributed by atoms with Gasteiger partial charge in [-0.2, -0.15) is 0 Å². The number of hydrogen-bond donors (Lipinski definition) is 2. The summed E-state index contributed by atoms with van der Waals surface area (Å²) in [6, 6.07) is 0. The van der Waals surface area contributed by atoms with Crippen molar-refractivity contribution in [3.05, 3.63) is 97.2 Å². The van der Waals surface area contributed by atoms with Gasteiger partial charge in [-0.15, -0.1) is 0 Å². The minimum absolute atomic E-state index is 0.0362. The molecule has 0 aliphatic rings. The highest BCUT2D eigenvalue weighted by Crippen LogP contribution is 2.43. The summed E-state index contributed by atoms with van der Waals surface area (Å²) >= 11 is 0. The van der Waals surface area contributed by atoms with Crippen LogP contribution in [-0.2, 0) is 32.7 Å². The lowest BCUT2D eigenvalue weighted by Gasteiger charge is -2.19. The van der Waals surface area contributed by atoms with Crippen LogP contribution < -0.4 is 5.73 Å². The molecule has 0 radical (unpaired) electrons. The SMILES string of the molecule is CC/C=C\C/C=C\C/C=C\C/C=C\C/C=C\C/C=C\CCC(=O)OC(COC(=O)CCCCCCCCCCC/C=C\C/C=C\CCCCC)COP(=O)(O)OCCN. The Hall–Kier alpha value is -3.07. The number of unbranched alkanes of at least 4 members (excludes halogenated alkanes) is 12. The maximum Gasteiger partial charge on any atom is 0.472 e. The summed E-state index contributed by atoms with van der Waals surface area (Å²) in [5.74, 6) is -0.939. The molecule has 0 aromatic heterocycles. The Morgan fingerprint density at radius 2 is 0.966 bits per heavy atom. The number of ether oxygens (including phenoxy) is 2. The van der Waals surface area contributed by atoms with Gasteiger partial charge in [-0.25, -0.2) is 4.57 Å². The van der Waals surface area contributed by atoms with Gasteiger partial charge in [0.1, 0.15) is 6.61 Å². The Morgan fingerprint density at radius 1 is 0.525 bits per heavy atom. The Kier molecular flexibility index (Phi) is 42.2. The Labute approximate surface area is 359 Å². The summed E-state index contributed by atoms with van der Waals surface area (Å²) in [6.45, 7) is 3.49. The molecule has 0 fully saturated rings. The molecule has 0 aliphatic carbocycles. The van der Waals surface area contributed by atoms with E-state index in [1.54, 1.807) is 0 Å². The van der Waals surface area contributed by atoms with Crippen LogP contribution in [-0.4, -0.2) is 49.3 Å². The standard InChI is InChI=1S/C49H82NO8P/c1-3-5-7-9-11-13-15-17-19-21-23-25-27-29-31-33-35-37-39-41-48(51)55-45-47(46-57-59(53,54)56-44-43-50)58-49(52)42-40-38-36-34-32-30-28-26-24-22-20-18-16-14-12-10-8-6-4-2/h6,8,11-14,17-20,24,26,30,32,36,38,47H,3-5,7,9-10,15-16,21-23,25,27-29,31,33-35,37,39-46,50H2,1-2H3,(H,53,54)/b8-6-,13-11-,14-12-,19-17-,20-18-,26-24-,32-30-,38-36-. The minimum Gasteiger partial charge on any atom is -0.462 e. The first kappa shape index (κ1) is 55.9. The van der Waals surface area contributed by atoms with E-state index in [-0.39, 0.29) is 32.6 Å². The number of allylic oxidation sites excluding steroid dienone is 16. The molecule has 9 nitrogen and oxygen atoms in total. The van der Waals surface area contributed by atoms with Gasteiger partial charge in [-0.1, -0.05) is 169 Å². The van der Waals surface area contributed by atoms with Crippen LogP contribution in [0, 0.1) is 0 Å². The van der Waals surface area contributed by atoms with E-state index >= 15 is 0 Å². The molecule has 2 atom stereocenters. The molecule has 3 N–H and O–H groups in total. The molecule has 10 heteroatoms. The molecule has 0 spiro atoms. The summed E-state index contributed by atoms with van der Waals surface area (Å²) < 4.78 is 32.7. The van der Waals surface area contributed by atoms with Crippen LogP contribution in [0.25, 0.3) is 0 Å². The molecule has 0 aliphatic heterocycles. The van der Waals surface area contributed by atoms with E-state index in [1.807, 2.05) is 12.2 Å². The number of carbonyl (C=O) groups is 2. The number of rotatable bonds is 41. The fourth-order valence-corrected chi connectivity index (χ4v) is 6.40. The molecule has 0 saturated carbocycles. The van der Waals surface area contributed by atoms with Gasteiger partial charge in [0, 0.05) is 19.4 Å². The average molecular weight is 844 g/mol. The van der Waals surface area contributed by atoms with Crippen molar-refractivity contribution in [1.82, 2.24) is 0 Å². The summed E-state index contributed by atoms with van der Waals surface area (Å²) in [6.07, 6.45) is 57.4. The smallest absolute Gasteiger partial charge is 0.462 e. The zero-order chi connectivity index (χ0) is 43.2. The lowest BCUT2D eigenvalue weighted by Crippen LogP contribution is -2.29. The quantitative estimate of drug-likeness (QED) is 0.0267. The van der Waals surface area contributed by atoms with E-state index in [0.717, 1.165) is 70.6 Å². The number of carbonyl (C=O) groups excluding carboxylic acids is 2. The molecule has 0 aromatic rings. The van der Waals surface area contributed by atoms with Crippen molar-refractivity contribution in [2.45, 2.75) is 174 Å². The second kappa shape index (κ2) is 44.5. The first-order valence-electron chi connectivity index (χ1n) is 22.7. The predicted molar refractivity (Wildman–Crippen MR) is 247 cm³/mol. The van der Waals surface area contributed by atoms with E-state index in [1.165, 1.54) is 57.8 Å². The van der Waals surface area contributed by atoms with Crippen LogP contribution in [0.2, 0.25) is 0 Å². The lowest BCUT2D eigenvalue weighted by atomic mass is 10.1. The third kappa shape index (κ3) is 44.3. The minimum atomic E-state index is -4.41. The molecular weight excluding hydrogens is 762 g/mol. The van der Waals surface area contributed by atoms with Gasteiger partial charge in [0.25, 0.3) is 0 Å². The van der Waals surface area contributed by atoms with E-state index in [0.29, 0.717) is 12.8 Å². The van der Waals surface area contributed by atoms with Crippen molar-refractivity contribution < 1.29 is 37.6 Å². The van der Waals surface area contributed by atoms with Crippen LogP contribution in [0.5, 0.6) is 0 Å². The Morgan fingerprint density at radius 3 is 1.46 bits per heavy atom. The first-order chi connectivity index (χ1) is 28.8. The van der Waals surface area contributed by atoms with E-state index in [9.17, 15) is 19.0 Å². The van der Waals surface area contributed by atoms with Crippen LogP contribution >= 0.6 is 7.82 Å². The van der Waals surface area contributed by atoms with Gasteiger partial charge in [-0.3, -0.25) is 18.6 Å². The molecule has 0 bridgehead atoms. The largest absolute Gasteiger partial charge is 0.472 e. The molecule has 336 valence electrons. The van der Waals surface area contributed by atoms with Crippen molar-refractivity contribution in [1.29, 1.82) is 0 Å². The summed E-state index contributed by atoms with van der Waals surface area (Å²) in [7, 11) is -4.41.